The van der Waals surface area contributed by atoms with Gasteiger partial charge in [-0.3, -0.25) is 4.79 Å². The molecule has 2 aromatic rings. The third kappa shape index (κ3) is 3.91. The van der Waals surface area contributed by atoms with E-state index in [1.807, 2.05) is 11.8 Å². The van der Waals surface area contributed by atoms with Crippen molar-refractivity contribution in [3.05, 3.63) is 47.3 Å². The zero-order valence-electron chi connectivity index (χ0n) is 14.4. The van der Waals surface area contributed by atoms with Gasteiger partial charge in [0.1, 0.15) is 0 Å². The number of benzene rings is 1. The number of anilines is 2. The van der Waals surface area contributed by atoms with E-state index >= 15 is 0 Å². The monoisotopic (exact) mass is 324 g/mol. The van der Waals surface area contributed by atoms with E-state index in [0.29, 0.717) is 11.5 Å². The smallest absolute Gasteiger partial charge is 0.256 e. The first kappa shape index (κ1) is 16.4. The maximum absolute atomic E-state index is 12.5. The molecule has 1 N–H and O–H groups in total. The predicted molar refractivity (Wildman–Crippen MR) is 95.6 cm³/mol. The Bertz CT molecular complexity index is 704. The minimum atomic E-state index is 0.0372. The number of carbonyl (C=O) groups is 1. The van der Waals surface area contributed by atoms with Gasteiger partial charge in [0.25, 0.3) is 5.91 Å². The van der Waals surface area contributed by atoms with Crippen LogP contribution < -0.4 is 5.32 Å². The molecule has 0 atom stereocenters. The molecule has 0 radical (unpaired) electrons. The lowest BCUT2D eigenvalue weighted by atomic mass is 10.1. The van der Waals surface area contributed by atoms with E-state index < -0.39 is 0 Å². The van der Waals surface area contributed by atoms with E-state index in [0.717, 1.165) is 37.2 Å². The summed E-state index contributed by atoms with van der Waals surface area (Å²) in [5, 5.41) is 3.22. The Morgan fingerprint density at radius 1 is 1.04 bits per heavy atom. The summed E-state index contributed by atoms with van der Waals surface area (Å²) in [5.74, 6) is 0.548. The molecule has 1 fully saturated rings. The van der Waals surface area contributed by atoms with E-state index in [-0.39, 0.29) is 5.91 Å². The topological polar surface area (TPSA) is 58.1 Å². The first-order valence-corrected chi connectivity index (χ1v) is 8.59. The van der Waals surface area contributed by atoms with Crippen molar-refractivity contribution >= 4 is 17.5 Å². The van der Waals surface area contributed by atoms with Crippen LogP contribution in [0.5, 0.6) is 0 Å². The second kappa shape index (κ2) is 7.43. The van der Waals surface area contributed by atoms with Crippen LogP contribution in [0.25, 0.3) is 0 Å². The number of hydrogen-bond donors (Lipinski definition) is 1. The Morgan fingerprint density at radius 2 is 1.71 bits per heavy atom. The normalized spacial score (nSPS) is 15.0. The molecule has 0 aliphatic carbocycles. The number of hydrogen-bond acceptors (Lipinski definition) is 4. The third-order valence-electron chi connectivity index (χ3n) is 4.43. The second-order valence-corrected chi connectivity index (χ2v) is 6.45. The molecule has 2 heterocycles. The highest BCUT2D eigenvalue weighted by Crippen LogP contribution is 2.20. The van der Waals surface area contributed by atoms with Crippen molar-refractivity contribution in [2.45, 2.75) is 39.5 Å². The predicted octanol–water partition coefficient (Wildman–Crippen LogP) is 3.85. The maximum Gasteiger partial charge on any atom is 0.256 e. The van der Waals surface area contributed by atoms with Gasteiger partial charge in [-0.2, -0.15) is 0 Å². The van der Waals surface area contributed by atoms with Crippen molar-refractivity contribution in [1.29, 1.82) is 0 Å². The lowest BCUT2D eigenvalue weighted by Gasteiger charge is -2.20. The summed E-state index contributed by atoms with van der Waals surface area (Å²) < 4.78 is 0. The van der Waals surface area contributed by atoms with E-state index in [4.69, 9.17) is 0 Å². The summed E-state index contributed by atoms with van der Waals surface area (Å²) >= 11 is 0. The molecule has 3 rings (SSSR count). The molecular formula is C19H24N4O. The van der Waals surface area contributed by atoms with Gasteiger partial charge >= 0.3 is 0 Å². The molecule has 1 aliphatic rings. The SMILES string of the molecule is Cc1ccc(C)c(Nc2ncc(C(=O)N3CCCCCC3)cn2)c1. The number of aromatic nitrogens is 2. The molecule has 0 saturated carbocycles. The van der Waals surface area contributed by atoms with Crippen LogP contribution in [0, 0.1) is 13.8 Å². The van der Waals surface area contributed by atoms with Gasteiger partial charge in [-0.1, -0.05) is 25.0 Å². The zero-order valence-corrected chi connectivity index (χ0v) is 14.4. The van der Waals surface area contributed by atoms with E-state index in [2.05, 4.69) is 40.4 Å². The van der Waals surface area contributed by atoms with Crippen LogP contribution in [0.1, 0.15) is 47.2 Å². The van der Waals surface area contributed by atoms with Gasteiger partial charge in [-0.15, -0.1) is 0 Å². The van der Waals surface area contributed by atoms with Crippen LogP contribution in [0.2, 0.25) is 0 Å². The number of likely N-dealkylation sites (tertiary alicyclic amines) is 1. The molecule has 1 aromatic heterocycles. The van der Waals surface area contributed by atoms with Crippen LogP contribution in [0.15, 0.2) is 30.6 Å². The Balaban J connectivity index is 1.70. The summed E-state index contributed by atoms with van der Waals surface area (Å²) in [6, 6.07) is 6.20. The fraction of sp³-hybridized carbons (Fsp3) is 0.421. The molecule has 1 amide bonds. The Kier molecular flexibility index (Phi) is 5.08. The van der Waals surface area contributed by atoms with Crippen molar-refractivity contribution in [1.82, 2.24) is 14.9 Å². The molecule has 126 valence electrons. The summed E-state index contributed by atoms with van der Waals surface area (Å²) in [5.41, 5.74) is 3.86. The largest absolute Gasteiger partial charge is 0.339 e. The van der Waals surface area contributed by atoms with Crippen molar-refractivity contribution in [2.75, 3.05) is 18.4 Å². The Morgan fingerprint density at radius 3 is 2.38 bits per heavy atom. The lowest BCUT2D eigenvalue weighted by Crippen LogP contribution is -2.32. The summed E-state index contributed by atoms with van der Waals surface area (Å²) in [6.45, 7) is 5.76. The van der Waals surface area contributed by atoms with Crippen LogP contribution in [-0.4, -0.2) is 33.9 Å². The van der Waals surface area contributed by atoms with Crippen LogP contribution >= 0.6 is 0 Å². The van der Waals surface area contributed by atoms with E-state index in [9.17, 15) is 4.79 Å². The van der Waals surface area contributed by atoms with Crippen molar-refractivity contribution in [3.8, 4) is 0 Å². The average molecular weight is 324 g/mol. The summed E-state index contributed by atoms with van der Waals surface area (Å²) in [4.78, 5) is 23.1. The number of rotatable bonds is 3. The van der Waals surface area contributed by atoms with Gasteiger partial charge in [0.2, 0.25) is 5.95 Å². The highest BCUT2D eigenvalue weighted by molar-refractivity contribution is 5.93. The second-order valence-electron chi connectivity index (χ2n) is 6.45. The number of aryl methyl sites for hydroxylation is 2. The number of nitrogens with one attached hydrogen (secondary N) is 1. The molecule has 0 spiro atoms. The van der Waals surface area contributed by atoms with Crippen LogP contribution in [0.4, 0.5) is 11.6 Å². The van der Waals surface area contributed by atoms with E-state index in [1.54, 1.807) is 12.4 Å². The van der Waals surface area contributed by atoms with Gasteiger partial charge in [-0.25, -0.2) is 9.97 Å². The molecule has 1 aromatic carbocycles. The third-order valence-corrected chi connectivity index (χ3v) is 4.43. The molecule has 0 bridgehead atoms. The molecule has 5 nitrogen and oxygen atoms in total. The molecule has 1 saturated heterocycles. The molecule has 5 heteroatoms. The number of carbonyl (C=O) groups excluding carboxylic acids is 1. The molecular weight excluding hydrogens is 300 g/mol. The molecule has 1 aliphatic heterocycles. The van der Waals surface area contributed by atoms with Gasteiger partial charge < -0.3 is 10.2 Å². The van der Waals surface area contributed by atoms with Crippen LogP contribution in [0.3, 0.4) is 0 Å². The minimum absolute atomic E-state index is 0.0372. The van der Waals surface area contributed by atoms with Gasteiger partial charge in [0.15, 0.2) is 0 Å². The number of nitrogens with zero attached hydrogens (tertiary/aromatic N) is 3. The Hall–Kier alpha value is -2.43. The highest BCUT2D eigenvalue weighted by atomic mass is 16.2. The van der Waals surface area contributed by atoms with Gasteiger partial charge in [0, 0.05) is 31.2 Å². The summed E-state index contributed by atoms with van der Waals surface area (Å²) in [7, 11) is 0. The first-order valence-electron chi connectivity index (χ1n) is 8.59. The molecule has 24 heavy (non-hydrogen) atoms. The van der Waals surface area contributed by atoms with Gasteiger partial charge in [-0.05, 0) is 43.9 Å². The van der Waals surface area contributed by atoms with Crippen molar-refractivity contribution < 1.29 is 4.79 Å². The first-order chi connectivity index (χ1) is 11.6. The maximum atomic E-state index is 12.5. The summed E-state index contributed by atoms with van der Waals surface area (Å²) in [6.07, 6.45) is 7.82. The fourth-order valence-electron chi connectivity index (χ4n) is 2.95. The van der Waals surface area contributed by atoms with E-state index in [1.165, 1.54) is 18.4 Å². The average Bonchev–Trinajstić information content (AvgIpc) is 2.87. The van der Waals surface area contributed by atoms with Gasteiger partial charge in [0.05, 0.1) is 5.56 Å². The van der Waals surface area contributed by atoms with Crippen molar-refractivity contribution in [2.24, 2.45) is 0 Å². The molecule has 0 unspecified atom stereocenters. The quantitative estimate of drug-likeness (QED) is 0.931. The zero-order chi connectivity index (χ0) is 16.9. The minimum Gasteiger partial charge on any atom is -0.339 e. The highest BCUT2D eigenvalue weighted by Gasteiger charge is 2.18. The Labute approximate surface area is 143 Å². The van der Waals surface area contributed by atoms with Crippen LogP contribution in [-0.2, 0) is 0 Å². The number of amides is 1. The van der Waals surface area contributed by atoms with Crippen molar-refractivity contribution in [3.63, 3.8) is 0 Å². The lowest BCUT2D eigenvalue weighted by molar-refractivity contribution is 0.0761. The fourth-order valence-corrected chi connectivity index (χ4v) is 2.95. The standard InChI is InChI=1S/C19H24N4O/c1-14-7-8-15(2)17(11-14)22-19-20-12-16(13-21-19)18(24)23-9-5-3-4-6-10-23/h7-8,11-13H,3-6,9-10H2,1-2H3,(H,20,21,22).